The van der Waals surface area contributed by atoms with Gasteiger partial charge in [-0.3, -0.25) is 0 Å². The molecule has 2 aromatic rings. The average Bonchev–Trinajstić information content (AvgIpc) is 2.93. The van der Waals surface area contributed by atoms with Gasteiger partial charge in [-0.15, -0.1) is 0 Å². The molecule has 1 aliphatic rings. The van der Waals surface area contributed by atoms with E-state index >= 15 is 0 Å². The molecule has 11 nitrogen and oxygen atoms in total. The van der Waals surface area contributed by atoms with Gasteiger partial charge in [-0.2, -0.15) is 0 Å². The first-order valence-electron chi connectivity index (χ1n) is 11.4. The van der Waals surface area contributed by atoms with Crippen molar-refractivity contribution in [2.75, 3.05) is 27.9 Å². The van der Waals surface area contributed by atoms with Gasteiger partial charge in [0.05, 0.1) is 25.8 Å². The Morgan fingerprint density at radius 3 is 2.37 bits per heavy atom. The topological polar surface area (TPSA) is 150 Å². The zero-order valence-electron chi connectivity index (χ0n) is 20.9. The van der Waals surface area contributed by atoms with Crippen molar-refractivity contribution >= 4 is 29.6 Å². The zero-order valence-corrected chi connectivity index (χ0v) is 21.7. The van der Waals surface area contributed by atoms with Gasteiger partial charge < -0.3 is 43.7 Å². The molecule has 1 heterocycles. The van der Waals surface area contributed by atoms with Crippen molar-refractivity contribution in [1.29, 1.82) is 0 Å². The summed E-state index contributed by atoms with van der Waals surface area (Å²) in [5.41, 5.74) is 1.55. The van der Waals surface area contributed by atoms with Crippen LogP contribution in [0.1, 0.15) is 21.5 Å². The number of aliphatic hydroxyl groups is 3. The fraction of sp³-hybridized carbons (Fsp3) is 0.385. The van der Waals surface area contributed by atoms with Crippen molar-refractivity contribution in [3.63, 3.8) is 0 Å². The van der Waals surface area contributed by atoms with Gasteiger partial charge in [0.2, 0.25) is 0 Å². The van der Waals surface area contributed by atoms with Crippen molar-refractivity contribution in [3.8, 4) is 11.5 Å². The minimum atomic E-state index is -1.58. The van der Waals surface area contributed by atoms with Crippen LogP contribution >= 0.6 is 11.6 Å². The first-order valence-corrected chi connectivity index (χ1v) is 11.8. The number of carbonyl (C=O) groups is 2. The summed E-state index contributed by atoms with van der Waals surface area (Å²) in [6, 6.07) is 9.95. The molecule has 0 saturated carbocycles. The fourth-order valence-electron chi connectivity index (χ4n) is 3.65. The molecule has 3 rings (SSSR count). The van der Waals surface area contributed by atoms with Crippen molar-refractivity contribution in [2.45, 2.75) is 37.3 Å². The highest BCUT2D eigenvalue weighted by molar-refractivity contribution is 6.32. The summed E-state index contributed by atoms with van der Waals surface area (Å²) in [6.07, 6.45) is -3.90. The molecule has 0 spiro atoms. The maximum absolute atomic E-state index is 13.0. The van der Waals surface area contributed by atoms with Gasteiger partial charge in [0.1, 0.15) is 42.0 Å². The second-order valence-electron chi connectivity index (χ2n) is 8.18. The Morgan fingerprint density at radius 2 is 1.76 bits per heavy atom. The quantitative estimate of drug-likeness (QED) is 0.292. The number of benzene rings is 2. The molecule has 0 aromatic heterocycles. The second kappa shape index (κ2) is 13.6. The highest BCUT2D eigenvalue weighted by Gasteiger charge is 2.47. The molecule has 38 heavy (non-hydrogen) atoms. The molecule has 3 N–H and O–H groups in total. The smallest absolute Gasteiger partial charge is 0.342 e. The SMILES string of the molecule is COC(=O)/C=C/c1ccc(COc2cc(OC)c(C(=O)O[C@H]3[C@@H](OC)O[C@H](CO)[C@@H](O)[C@@H]3O)cc2Cl)cc1. The van der Waals surface area contributed by atoms with Crippen LogP contribution in [0.25, 0.3) is 6.08 Å². The van der Waals surface area contributed by atoms with Crippen molar-refractivity contribution in [1.82, 2.24) is 0 Å². The average molecular weight is 553 g/mol. The van der Waals surface area contributed by atoms with Crippen molar-refractivity contribution < 1.29 is 53.3 Å². The van der Waals surface area contributed by atoms with Gasteiger partial charge in [-0.1, -0.05) is 35.9 Å². The van der Waals surface area contributed by atoms with E-state index in [1.54, 1.807) is 18.2 Å². The van der Waals surface area contributed by atoms with Crippen LogP contribution < -0.4 is 9.47 Å². The Morgan fingerprint density at radius 1 is 1.05 bits per heavy atom. The number of halogens is 1. The molecule has 1 fully saturated rings. The summed E-state index contributed by atoms with van der Waals surface area (Å²) in [4.78, 5) is 24.2. The predicted molar refractivity (Wildman–Crippen MR) is 134 cm³/mol. The lowest BCUT2D eigenvalue weighted by Crippen LogP contribution is -2.60. The minimum absolute atomic E-state index is 0.0626. The molecule has 0 aliphatic carbocycles. The van der Waals surface area contributed by atoms with Crippen LogP contribution in [0.2, 0.25) is 5.02 Å². The Bertz CT molecular complexity index is 1130. The minimum Gasteiger partial charge on any atom is -0.496 e. The van der Waals surface area contributed by atoms with E-state index in [1.165, 1.54) is 39.5 Å². The molecule has 206 valence electrons. The van der Waals surface area contributed by atoms with Gasteiger partial charge in [0.25, 0.3) is 0 Å². The van der Waals surface area contributed by atoms with E-state index < -0.39 is 49.3 Å². The monoisotopic (exact) mass is 552 g/mol. The number of carbonyl (C=O) groups excluding carboxylic acids is 2. The first-order chi connectivity index (χ1) is 18.2. The van der Waals surface area contributed by atoms with Crippen LogP contribution in [0, 0.1) is 0 Å². The largest absolute Gasteiger partial charge is 0.496 e. The van der Waals surface area contributed by atoms with Gasteiger partial charge >= 0.3 is 11.9 Å². The molecule has 1 saturated heterocycles. The summed E-state index contributed by atoms with van der Waals surface area (Å²) in [5, 5.41) is 30.0. The summed E-state index contributed by atoms with van der Waals surface area (Å²) in [6.45, 7) is -0.418. The third-order valence-corrected chi connectivity index (χ3v) is 6.06. The first kappa shape index (κ1) is 29.4. The van der Waals surface area contributed by atoms with Crippen LogP contribution in [0.15, 0.2) is 42.5 Å². The number of methoxy groups -OCH3 is 3. The number of aliphatic hydroxyl groups excluding tert-OH is 3. The van der Waals surface area contributed by atoms with E-state index in [4.69, 9.17) is 35.3 Å². The van der Waals surface area contributed by atoms with Crippen molar-refractivity contribution in [3.05, 3.63) is 64.2 Å². The molecule has 0 amide bonds. The van der Waals surface area contributed by atoms with Gasteiger partial charge in [-0.05, 0) is 23.3 Å². The summed E-state index contributed by atoms with van der Waals surface area (Å²) in [5.74, 6) is -1.04. The number of hydrogen-bond acceptors (Lipinski definition) is 11. The van der Waals surface area contributed by atoms with E-state index in [-0.39, 0.29) is 28.7 Å². The maximum atomic E-state index is 13.0. The second-order valence-corrected chi connectivity index (χ2v) is 8.59. The standard InChI is InChI=1S/C26H29ClO11/c1-33-18-11-19(36-13-15-6-4-14(5-7-15)8-9-21(29)34-2)17(27)10-16(18)25(32)38-24-23(31)22(30)20(12-28)37-26(24)35-3/h4-11,20,22-24,26,28,30-31H,12-13H2,1-3H3/b9-8+/t20-,22-,23+,24-,26+/m1/s1. The Kier molecular flexibility index (Phi) is 10.5. The molecule has 2 aromatic carbocycles. The number of esters is 2. The molecule has 0 unspecified atom stereocenters. The molecule has 12 heteroatoms. The maximum Gasteiger partial charge on any atom is 0.342 e. The van der Waals surface area contributed by atoms with E-state index in [9.17, 15) is 24.9 Å². The lowest BCUT2D eigenvalue weighted by atomic mass is 9.99. The molecule has 1 aliphatic heterocycles. The van der Waals surface area contributed by atoms with Crippen LogP contribution in [-0.4, -0.2) is 85.9 Å². The Hall–Kier alpha value is -3.19. The molecule has 5 atom stereocenters. The summed E-state index contributed by atoms with van der Waals surface area (Å²) < 4.78 is 31.5. The summed E-state index contributed by atoms with van der Waals surface area (Å²) in [7, 11) is 3.91. The number of rotatable bonds is 10. The van der Waals surface area contributed by atoms with E-state index in [1.807, 2.05) is 12.1 Å². The number of ether oxygens (including phenoxy) is 6. The Balaban J connectivity index is 1.71. The van der Waals surface area contributed by atoms with Crippen LogP contribution in [0.4, 0.5) is 0 Å². The van der Waals surface area contributed by atoms with Crippen LogP contribution in [0.3, 0.4) is 0 Å². The van der Waals surface area contributed by atoms with Gasteiger partial charge in [0, 0.05) is 19.3 Å². The van der Waals surface area contributed by atoms with E-state index in [0.717, 1.165) is 11.1 Å². The third kappa shape index (κ3) is 7.01. The predicted octanol–water partition coefficient (Wildman–Crippen LogP) is 1.72. The molecular formula is C26H29ClO11. The molecule has 0 bridgehead atoms. The molecular weight excluding hydrogens is 524 g/mol. The van der Waals surface area contributed by atoms with Gasteiger partial charge in [0.15, 0.2) is 12.4 Å². The summed E-state index contributed by atoms with van der Waals surface area (Å²) >= 11 is 6.36. The lowest BCUT2D eigenvalue weighted by molar-refractivity contribution is -0.293. The normalized spacial score (nSPS) is 23.2. The molecule has 0 radical (unpaired) electrons. The Labute approximate surface area is 224 Å². The van der Waals surface area contributed by atoms with Crippen molar-refractivity contribution in [2.24, 2.45) is 0 Å². The van der Waals surface area contributed by atoms with E-state index in [0.29, 0.717) is 0 Å². The highest BCUT2D eigenvalue weighted by Crippen LogP contribution is 2.35. The lowest BCUT2D eigenvalue weighted by Gasteiger charge is -2.40. The third-order valence-electron chi connectivity index (χ3n) is 5.76. The van der Waals surface area contributed by atoms with Crippen LogP contribution in [-0.2, 0) is 30.3 Å². The van der Waals surface area contributed by atoms with E-state index in [2.05, 4.69) is 4.74 Å². The zero-order chi connectivity index (χ0) is 27.8. The van der Waals surface area contributed by atoms with Crippen LogP contribution in [0.5, 0.6) is 11.5 Å². The highest BCUT2D eigenvalue weighted by atomic mass is 35.5. The van der Waals surface area contributed by atoms with Gasteiger partial charge in [-0.25, -0.2) is 9.59 Å². The number of hydrogen-bond donors (Lipinski definition) is 3. The fourth-order valence-corrected chi connectivity index (χ4v) is 3.87.